The quantitative estimate of drug-likeness (QED) is 0.449. The highest BCUT2D eigenvalue weighted by Gasteiger charge is 2.54. The van der Waals surface area contributed by atoms with Gasteiger partial charge in [-0.05, 0) is 78.9 Å². The number of fused-ring (bicyclic) bond motifs is 2. The highest BCUT2D eigenvalue weighted by Crippen LogP contribution is 2.39. The van der Waals surface area contributed by atoms with Crippen molar-refractivity contribution in [3.8, 4) is 5.75 Å². The zero-order valence-corrected chi connectivity index (χ0v) is 20.2. The summed E-state index contributed by atoms with van der Waals surface area (Å²) in [6.45, 7) is -0.408. The summed E-state index contributed by atoms with van der Waals surface area (Å²) in [6, 6.07) is 20.3. The molecule has 3 aromatic rings. The van der Waals surface area contributed by atoms with E-state index in [1.165, 1.54) is 0 Å². The van der Waals surface area contributed by atoms with E-state index in [9.17, 15) is 19.2 Å². The standard InChI is InChI=1S/C28H26N4O5/c1-37-22-14-12-21(13-15-22)30-25(34)19-8-10-20(11-9-19)29-24(33)17-32-26(35)28(31-27(32)36)16-4-6-18-5-2-3-7-23(18)28/h2-3,5,7-15H,4,6,16-17H2,1H3,(H,29,33)(H,30,34)(H,31,36)/t28-/m1/s1. The Balaban J connectivity index is 1.21. The number of nitrogens with one attached hydrogen (secondary N) is 3. The summed E-state index contributed by atoms with van der Waals surface area (Å²) in [5, 5.41) is 8.33. The molecule has 1 aliphatic heterocycles. The van der Waals surface area contributed by atoms with Gasteiger partial charge in [-0.25, -0.2) is 4.79 Å². The molecule has 5 amide bonds. The van der Waals surface area contributed by atoms with Crippen molar-refractivity contribution in [1.29, 1.82) is 0 Å². The van der Waals surface area contributed by atoms with Crippen molar-refractivity contribution >= 4 is 35.1 Å². The predicted molar refractivity (Wildman–Crippen MR) is 137 cm³/mol. The van der Waals surface area contributed by atoms with Gasteiger partial charge in [-0.15, -0.1) is 0 Å². The SMILES string of the molecule is COc1ccc(NC(=O)c2ccc(NC(=O)CN3C(=O)N[C@@]4(CCCc5ccccc54)C3=O)cc2)cc1. The van der Waals surface area contributed by atoms with E-state index in [1.54, 1.807) is 55.6 Å². The van der Waals surface area contributed by atoms with E-state index in [1.807, 2.05) is 24.3 Å². The van der Waals surface area contributed by atoms with Crippen LogP contribution in [0.1, 0.15) is 34.3 Å². The molecule has 1 atom stereocenters. The maximum Gasteiger partial charge on any atom is 0.325 e. The molecule has 5 rings (SSSR count). The number of urea groups is 1. The molecule has 37 heavy (non-hydrogen) atoms. The van der Waals surface area contributed by atoms with Crippen LogP contribution < -0.4 is 20.7 Å². The predicted octanol–water partition coefficient (Wildman–Crippen LogP) is 3.67. The molecule has 1 saturated heterocycles. The highest BCUT2D eigenvalue weighted by molar-refractivity contribution is 6.11. The molecule has 0 saturated carbocycles. The molecule has 0 aromatic heterocycles. The number of ether oxygens (including phenoxy) is 1. The third-order valence-corrected chi connectivity index (χ3v) is 6.73. The molecule has 9 heteroatoms. The maximum atomic E-state index is 13.4. The van der Waals surface area contributed by atoms with Gasteiger partial charge in [0.25, 0.3) is 11.8 Å². The van der Waals surface area contributed by atoms with Gasteiger partial charge in [0.05, 0.1) is 7.11 Å². The molecule has 9 nitrogen and oxygen atoms in total. The normalized spacial score (nSPS) is 18.2. The summed E-state index contributed by atoms with van der Waals surface area (Å²) >= 11 is 0. The molecular weight excluding hydrogens is 472 g/mol. The lowest BCUT2D eigenvalue weighted by Crippen LogP contribution is -2.47. The van der Waals surface area contributed by atoms with Crippen molar-refractivity contribution < 1.29 is 23.9 Å². The van der Waals surface area contributed by atoms with Crippen LogP contribution in [0, 0.1) is 0 Å². The fourth-order valence-corrected chi connectivity index (χ4v) is 4.88. The first-order chi connectivity index (χ1) is 17.9. The van der Waals surface area contributed by atoms with E-state index in [0.29, 0.717) is 29.1 Å². The Morgan fingerprint density at radius 1 is 0.946 bits per heavy atom. The first kappa shape index (κ1) is 24.1. The van der Waals surface area contributed by atoms with E-state index in [2.05, 4.69) is 16.0 Å². The van der Waals surface area contributed by atoms with Crippen molar-refractivity contribution in [3.05, 3.63) is 89.5 Å². The van der Waals surface area contributed by atoms with Gasteiger partial charge >= 0.3 is 6.03 Å². The molecule has 3 N–H and O–H groups in total. The van der Waals surface area contributed by atoms with Crippen LogP contribution in [0.3, 0.4) is 0 Å². The lowest BCUT2D eigenvalue weighted by atomic mass is 9.76. The van der Waals surface area contributed by atoms with Gasteiger partial charge in [-0.1, -0.05) is 24.3 Å². The lowest BCUT2D eigenvalue weighted by molar-refractivity contribution is -0.134. The summed E-state index contributed by atoms with van der Waals surface area (Å²) in [7, 11) is 1.57. The number of carbonyl (C=O) groups excluding carboxylic acids is 4. The van der Waals surface area contributed by atoms with E-state index >= 15 is 0 Å². The largest absolute Gasteiger partial charge is 0.497 e. The van der Waals surface area contributed by atoms with Gasteiger partial charge in [0.2, 0.25) is 5.91 Å². The molecule has 1 heterocycles. The molecule has 3 aromatic carbocycles. The van der Waals surface area contributed by atoms with E-state index in [0.717, 1.165) is 28.9 Å². The second-order valence-electron chi connectivity index (χ2n) is 9.05. The van der Waals surface area contributed by atoms with Gasteiger partial charge in [-0.3, -0.25) is 19.3 Å². The molecular formula is C28H26N4O5. The van der Waals surface area contributed by atoms with Crippen LogP contribution in [0.4, 0.5) is 16.2 Å². The number of hydrogen-bond acceptors (Lipinski definition) is 5. The smallest absolute Gasteiger partial charge is 0.325 e. The summed E-state index contributed by atoms with van der Waals surface area (Å²) in [5.74, 6) is -0.546. The van der Waals surface area contributed by atoms with Gasteiger partial charge < -0.3 is 20.7 Å². The topological polar surface area (TPSA) is 117 Å². The molecule has 0 radical (unpaired) electrons. The molecule has 1 aliphatic carbocycles. The Bertz CT molecular complexity index is 1370. The number of anilines is 2. The Labute approximate surface area is 213 Å². The molecule has 2 aliphatic rings. The number of hydrogen-bond donors (Lipinski definition) is 3. The fourth-order valence-electron chi connectivity index (χ4n) is 4.88. The minimum Gasteiger partial charge on any atom is -0.497 e. The van der Waals surface area contributed by atoms with Crippen LogP contribution in [0.2, 0.25) is 0 Å². The Kier molecular flexibility index (Phi) is 6.35. The van der Waals surface area contributed by atoms with Crippen LogP contribution in [0.25, 0.3) is 0 Å². The van der Waals surface area contributed by atoms with Gasteiger partial charge in [-0.2, -0.15) is 0 Å². The second kappa shape index (κ2) is 9.77. The molecule has 1 fully saturated rings. The molecule has 0 unspecified atom stereocenters. The van der Waals surface area contributed by atoms with Gasteiger partial charge in [0.15, 0.2) is 0 Å². The summed E-state index contributed by atoms with van der Waals surface area (Å²) < 4.78 is 5.11. The van der Waals surface area contributed by atoms with Crippen molar-refractivity contribution in [2.75, 3.05) is 24.3 Å². The number of benzene rings is 3. The lowest BCUT2D eigenvalue weighted by Gasteiger charge is -2.33. The minimum absolute atomic E-state index is 0.305. The van der Waals surface area contributed by atoms with Crippen molar-refractivity contribution in [2.45, 2.75) is 24.8 Å². The van der Waals surface area contributed by atoms with Gasteiger partial charge in [0.1, 0.15) is 17.8 Å². The zero-order valence-electron chi connectivity index (χ0n) is 20.2. The molecule has 188 valence electrons. The first-order valence-electron chi connectivity index (χ1n) is 12.0. The molecule has 1 spiro atoms. The van der Waals surface area contributed by atoms with E-state index < -0.39 is 29.9 Å². The number of nitrogens with zero attached hydrogens (tertiary/aromatic N) is 1. The monoisotopic (exact) mass is 498 g/mol. The Hall–Kier alpha value is -4.66. The van der Waals surface area contributed by atoms with Crippen molar-refractivity contribution in [2.24, 2.45) is 0 Å². The van der Waals surface area contributed by atoms with Crippen LogP contribution in [0.15, 0.2) is 72.8 Å². The number of amides is 5. The number of rotatable bonds is 6. The average Bonchev–Trinajstić information content (AvgIpc) is 3.14. The van der Waals surface area contributed by atoms with Crippen molar-refractivity contribution in [3.63, 3.8) is 0 Å². The van der Waals surface area contributed by atoms with Crippen molar-refractivity contribution in [1.82, 2.24) is 10.2 Å². The Morgan fingerprint density at radius 3 is 2.35 bits per heavy atom. The Morgan fingerprint density at radius 2 is 1.62 bits per heavy atom. The van der Waals surface area contributed by atoms with Crippen LogP contribution in [0.5, 0.6) is 5.75 Å². The zero-order chi connectivity index (χ0) is 26.0. The number of imide groups is 1. The maximum absolute atomic E-state index is 13.4. The first-order valence-corrected chi connectivity index (χ1v) is 12.0. The summed E-state index contributed by atoms with van der Waals surface area (Å²) in [5.41, 5.74) is 2.17. The van der Waals surface area contributed by atoms with Gasteiger partial charge in [0, 0.05) is 16.9 Å². The van der Waals surface area contributed by atoms with Crippen LogP contribution in [-0.2, 0) is 21.5 Å². The fraction of sp³-hybridized carbons (Fsp3) is 0.214. The second-order valence-corrected chi connectivity index (χ2v) is 9.05. The average molecular weight is 499 g/mol. The van der Waals surface area contributed by atoms with E-state index in [-0.39, 0.29) is 5.91 Å². The highest BCUT2D eigenvalue weighted by atomic mass is 16.5. The summed E-state index contributed by atoms with van der Waals surface area (Å²) in [6.07, 6.45) is 2.10. The third-order valence-electron chi connectivity index (χ3n) is 6.73. The minimum atomic E-state index is -1.12. The van der Waals surface area contributed by atoms with E-state index in [4.69, 9.17) is 4.74 Å². The van der Waals surface area contributed by atoms with Crippen LogP contribution in [-0.4, -0.2) is 42.3 Å². The van der Waals surface area contributed by atoms with Crippen LogP contribution >= 0.6 is 0 Å². The number of methoxy groups -OCH3 is 1. The number of aryl methyl sites for hydroxylation is 1. The summed E-state index contributed by atoms with van der Waals surface area (Å²) in [4.78, 5) is 52.3. The third kappa shape index (κ3) is 4.63. The molecule has 0 bridgehead atoms. The number of carbonyl (C=O) groups is 4.